The van der Waals surface area contributed by atoms with Gasteiger partial charge in [-0.1, -0.05) is 18.2 Å². The first-order valence-corrected chi connectivity index (χ1v) is 12.1. The number of hydrogen-bond donors (Lipinski definition) is 1. The van der Waals surface area contributed by atoms with Gasteiger partial charge in [0, 0.05) is 43.0 Å². The van der Waals surface area contributed by atoms with E-state index in [2.05, 4.69) is 10.4 Å². The van der Waals surface area contributed by atoms with Gasteiger partial charge in [0.1, 0.15) is 0 Å². The van der Waals surface area contributed by atoms with Crippen molar-refractivity contribution in [3.8, 4) is 0 Å². The fourth-order valence-electron chi connectivity index (χ4n) is 3.90. The zero-order valence-electron chi connectivity index (χ0n) is 19.4. The zero-order valence-corrected chi connectivity index (χ0v) is 20.2. The molecule has 4 aromatic rings. The van der Waals surface area contributed by atoms with Gasteiger partial charge in [-0.05, 0) is 62.6 Å². The molecule has 33 heavy (non-hydrogen) atoms. The highest BCUT2D eigenvalue weighted by Gasteiger charge is 2.19. The number of benzene rings is 2. The first kappa shape index (κ1) is 22.9. The van der Waals surface area contributed by atoms with E-state index in [9.17, 15) is 13.2 Å². The van der Waals surface area contributed by atoms with Crippen LogP contribution in [0.25, 0.3) is 16.6 Å². The third kappa shape index (κ3) is 4.21. The van der Waals surface area contributed by atoms with Crippen LogP contribution < -0.4 is 5.32 Å². The summed E-state index contributed by atoms with van der Waals surface area (Å²) < 4.78 is 27.9. The molecule has 1 N–H and O–H groups in total. The smallest absolute Gasteiger partial charge is 0.242 e. The largest absolute Gasteiger partial charge is 0.326 e. The van der Waals surface area contributed by atoms with Crippen molar-refractivity contribution in [2.75, 3.05) is 19.4 Å². The van der Waals surface area contributed by atoms with Crippen LogP contribution in [0.1, 0.15) is 28.9 Å². The Hall–Kier alpha value is -3.30. The summed E-state index contributed by atoms with van der Waals surface area (Å²) in [6, 6.07) is 12.6. The molecular weight excluding hydrogens is 438 g/mol. The second-order valence-electron chi connectivity index (χ2n) is 8.33. The molecule has 0 saturated heterocycles. The van der Waals surface area contributed by atoms with Gasteiger partial charge >= 0.3 is 0 Å². The molecule has 4 rings (SSSR count). The van der Waals surface area contributed by atoms with Crippen LogP contribution in [0.2, 0.25) is 0 Å². The Bertz CT molecular complexity index is 1490. The number of anilines is 1. The van der Waals surface area contributed by atoms with Gasteiger partial charge < -0.3 is 5.32 Å². The summed E-state index contributed by atoms with van der Waals surface area (Å²) in [4.78, 5) is 17.6. The van der Waals surface area contributed by atoms with Crippen LogP contribution in [0.15, 0.2) is 47.4 Å². The van der Waals surface area contributed by atoms with E-state index in [4.69, 9.17) is 4.98 Å². The van der Waals surface area contributed by atoms with Crippen molar-refractivity contribution < 1.29 is 13.2 Å². The quantitative estimate of drug-likeness (QED) is 0.469. The Morgan fingerprint density at radius 2 is 1.82 bits per heavy atom. The Balaban J connectivity index is 1.56. The van der Waals surface area contributed by atoms with E-state index in [0.29, 0.717) is 12.1 Å². The standard InChI is InChI=1S/C24H27N5O3S/c1-15-10-11-18(33(31,32)28(4)5)14-22(15)26-23(30)13-12-19-16(2)25-24-20-8-6-7-9-21(20)27-29(24)17(19)3/h6-11,14H,12-13H2,1-5H3,(H,26,30). The zero-order chi connectivity index (χ0) is 23.9. The average Bonchev–Trinajstić information content (AvgIpc) is 3.13. The fraction of sp³-hybridized carbons (Fsp3) is 0.292. The second kappa shape index (κ2) is 8.57. The summed E-state index contributed by atoms with van der Waals surface area (Å²) in [5.74, 6) is -0.193. The molecule has 0 aliphatic carbocycles. The molecule has 172 valence electrons. The van der Waals surface area contributed by atoms with E-state index in [1.54, 1.807) is 12.1 Å². The molecule has 0 unspecified atom stereocenters. The van der Waals surface area contributed by atoms with Crippen molar-refractivity contribution in [1.82, 2.24) is 18.9 Å². The van der Waals surface area contributed by atoms with E-state index in [1.807, 2.05) is 49.6 Å². The molecule has 2 aromatic heterocycles. The second-order valence-corrected chi connectivity index (χ2v) is 10.5. The van der Waals surface area contributed by atoms with Gasteiger partial charge in [0.25, 0.3) is 0 Å². The Labute approximate surface area is 193 Å². The number of hydrogen-bond acceptors (Lipinski definition) is 5. The molecule has 2 aromatic carbocycles. The highest BCUT2D eigenvalue weighted by Crippen LogP contribution is 2.24. The molecule has 8 nitrogen and oxygen atoms in total. The lowest BCUT2D eigenvalue weighted by Crippen LogP contribution is -2.22. The van der Waals surface area contributed by atoms with Crippen molar-refractivity contribution in [3.05, 3.63) is 65.0 Å². The molecule has 0 atom stereocenters. The maximum atomic E-state index is 12.7. The third-order valence-electron chi connectivity index (χ3n) is 5.88. The average molecular weight is 466 g/mol. The summed E-state index contributed by atoms with van der Waals surface area (Å²) in [5.41, 5.74) is 5.77. The highest BCUT2D eigenvalue weighted by atomic mass is 32.2. The number of nitrogens with zero attached hydrogens (tertiary/aromatic N) is 4. The number of aryl methyl sites for hydroxylation is 3. The maximum absolute atomic E-state index is 12.7. The Kier molecular flexibility index (Phi) is 5.94. The number of nitrogens with one attached hydrogen (secondary N) is 1. The molecule has 0 aliphatic rings. The Morgan fingerprint density at radius 1 is 1.09 bits per heavy atom. The van der Waals surface area contributed by atoms with E-state index in [-0.39, 0.29) is 17.2 Å². The van der Waals surface area contributed by atoms with Gasteiger partial charge in [-0.2, -0.15) is 5.10 Å². The monoisotopic (exact) mass is 465 g/mol. The molecule has 2 heterocycles. The summed E-state index contributed by atoms with van der Waals surface area (Å²) in [6.45, 7) is 5.76. The summed E-state index contributed by atoms with van der Waals surface area (Å²) in [5, 5.41) is 8.52. The minimum Gasteiger partial charge on any atom is -0.326 e. The number of carbonyl (C=O) groups is 1. The van der Waals surface area contributed by atoms with E-state index < -0.39 is 10.0 Å². The molecule has 9 heteroatoms. The summed E-state index contributed by atoms with van der Waals surface area (Å²) >= 11 is 0. The van der Waals surface area contributed by atoms with Crippen LogP contribution in [0.3, 0.4) is 0 Å². The normalized spacial score (nSPS) is 12.1. The molecule has 0 radical (unpaired) electrons. The predicted octanol–water partition coefficient (Wildman–Crippen LogP) is 3.63. The lowest BCUT2D eigenvalue weighted by Gasteiger charge is -2.15. The lowest BCUT2D eigenvalue weighted by molar-refractivity contribution is -0.116. The van der Waals surface area contributed by atoms with Crippen molar-refractivity contribution in [2.24, 2.45) is 0 Å². The van der Waals surface area contributed by atoms with Crippen molar-refractivity contribution >= 4 is 38.2 Å². The van der Waals surface area contributed by atoms with E-state index in [1.165, 1.54) is 20.2 Å². The van der Waals surface area contributed by atoms with Gasteiger partial charge in [0.05, 0.1) is 10.4 Å². The van der Waals surface area contributed by atoms with Crippen LogP contribution in [-0.2, 0) is 21.2 Å². The number of amides is 1. The number of carbonyl (C=O) groups excluding carboxylic acids is 1. The lowest BCUT2D eigenvalue weighted by atomic mass is 10.1. The number of aromatic nitrogens is 3. The molecule has 0 fully saturated rings. The third-order valence-corrected chi connectivity index (χ3v) is 7.69. The van der Waals surface area contributed by atoms with Crippen LogP contribution in [0, 0.1) is 20.8 Å². The molecule has 0 bridgehead atoms. The van der Waals surface area contributed by atoms with Gasteiger partial charge in [-0.25, -0.2) is 22.2 Å². The van der Waals surface area contributed by atoms with Crippen molar-refractivity contribution in [3.63, 3.8) is 0 Å². The SMILES string of the molecule is Cc1ccc(S(=O)(=O)N(C)C)cc1NC(=O)CCc1c(C)nc2c3ccccc3nn2c1C. The van der Waals surface area contributed by atoms with E-state index >= 15 is 0 Å². The first-order chi connectivity index (χ1) is 15.6. The molecule has 0 spiro atoms. The van der Waals surface area contributed by atoms with Gasteiger partial charge in [-0.15, -0.1) is 0 Å². The van der Waals surface area contributed by atoms with Crippen molar-refractivity contribution in [1.29, 1.82) is 0 Å². The van der Waals surface area contributed by atoms with Gasteiger partial charge in [0.2, 0.25) is 15.9 Å². The van der Waals surface area contributed by atoms with Crippen LogP contribution in [0.5, 0.6) is 0 Å². The molecule has 1 amide bonds. The topological polar surface area (TPSA) is 96.7 Å². The fourth-order valence-corrected chi connectivity index (χ4v) is 4.83. The number of sulfonamides is 1. The number of fused-ring (bicyclic) bond motifs is 3. The van der Waals surface area contributed by atoms with Gasteiger partial charge in [0.15, 0.2) is 5.65 Å². The summed E-state index contributed by atoms with van der Waals surface area (Å²) in [6.07, 6.45) is 0.733. The first-order valence-electron chi connectivity index (χ1n) is 10.7. The van der Waals surface area contributed by atoms with Crippen molar-refractivity contribution in [2.45, 2.75) is 38.5 Å². The summed E-state index contributed by atoms with van der Waals surface area (Å²) in [7, 11) is -0.631. The van der Waals surface area contributed by atoms with Gasteiger partial charge in [-0.3, -0.25) is 4.79 Å². The van der Waals surface area contributed by atoms with Crippen LogP contribution >= 0.6 is 0 Å². The number of rotatable bonds is 6. The highest BCUT2D eigenvalue weighted by molar-refractivity contribution is 7.89. The minimum absolute atomic E-state index is 0.139. The minimum atomic E-state index is -3.59. The maximum Gasteiger partial charge on any atom is 0.242 e. The van der Waals surface area contributed by atoms with E-state index in [0.717, 1.165) is 43.4 Å². The molecular formula is C24H27N5O3S. The van der Waals surface area contributed by atoms with Crippen LogP contribution in [-0.4, -0.2) is 47.3 Å². The predicted molar refractivity (Wildman–Crippen MR) is 129 cm³/mol. The van der Waals surface area contributed by atoms with Crippen LogP contribution in [0.4, 0.5) is 5.69 Å². The molecule has 0 aliphatic heterocycles. The Morgan fingerprint density at radius 3 is 2.55 bits per heavy atom. The molecule has 0 saturated carbocycles.